The first kappa shape index (κ1) is 15.0. The molecule has 0 saturated carbocycles. The fourth-order valence-electron chi connectivity index (χ4n) is 1.62. The lowest BCUT2D eigenvalue weighted by atomic mass is 10.1. The summed E-state index contributed by atoms with van der Waals surface area (Å²) in [6, 6.07) is 11.0. The Kier molecular flexibility index (Phi) is 4.81. The standard InChI is InChI=1S/C14H10Cl2O3S/c15-11-5-6-12(16)13(7-11)20(19)8-9-1-3-10(4-2-9)14(17)18/h1-7H,8H2,(H,17,18). The Hall–Kier alpha value is -1.36. The van der Waals surface area contributed by atoms with Crippen molar-refractivity contribution in [2.24, 2.45) is 0 Å². The maximum atomic E-state index is 12.3. The van der Waals surface area contributed by atoms with Crippen LogP contribution in [-0.2, 0) is 16.6 Å². The molecule has 0 fully saturated rings. The van der Waals surface area contributed by atoms with Gasteiger partial charge in [-0.15, -0.1) is 0 Å². The predicted molar refractivity (Wildman–Crippen MR) is 80.0 cm³/mol. The summed E-state index contributed by atoms with van der Waals surface area (Å²) in [5, 5.41) is 9.68. The van der Waals surface area contributed by atoms with Crippen molar-refractivity contribution in [3.63, 3.8) is 0 Å². The molecular weight excluding hydrogens is 319 g/mol. The van der Waals surface area contributed by atoms with E-state index >= 15 is 0 Å². The summed E-state index contributed by atoms with van der Waals surface area (Å²) in [5.41, 5.74) is 0.963. The highest BCUT2D eigenvalue weighted by molar-refractivity contribution is 7.84. The third-order valence-corrected chi connectivity index (χ3v) is 4.74. The van der Waals surface area contributed by atoms with Gasteiger partial charge in [0.05, 0.1) is 32.0 Å². The van der Waals surface area contributed by atoms with Crippen molar-refractivity contribution in [1.29, 1.82) is 0 Å². The summed E-state index contributed by atoms with van der Waals surface area (Å²) < 4.78 is 12.3. The highest BCUT2D eigenvalue weighted by Gasteiger charge is 2.11. The molecule has 0 aliphatic heterocycles. The van der Waals surface area contributed by atoms with E-state index in [4.69, 9.17) is 28.3 Å². The van der Waals surface area contributed by atoms with Gasteiger partial charge in [-0.05, 0) is 35.9 Å². The summed E-state index contributed by atoms with van der Waals surface area (Å²) in [6.07, 6.45) is 0. The SMILES string of the molecule is O=C(O)c1ccc(CS(=O)c2cc(Cl)ccc2Cl)cc1. The zero-order chi connectivity index (χ0) is 14.7. The number of halogens is 2. The van der Waals surface area contributed by atoms with Crippen molar-refractivity contribution < 1.29 is 14.1 Å². The van der Waals surface area contributed by atoms with E-state index in [2.05, 4.69) is 0 Å². The second kappa shape index (κ2) is 6.39. The molecule has 0 bridgehead atoms. The number of carboxylic acid groups (broad SMARTS) is 1. The van der Waals surface area contributed by atoms with Gasteiger partial charge < -0.3 is 5.11 Å². The van der Waals surface area contributed by atoms with E-state index in [-0.39, 0.29) is 11.3 Å². The first-order valence-corrected chi connectivity index (χ1v) is 7.70. The van der Waals surface area contributed by atoms with Crippen LogP contribution in [0.25, 0.3) is 0 Å². The quantitative estimate of drug-likeness (QED) is 0.922. The minimum atomic E-state index is -1.34. The average molecular weight is 329 g/mol. The highest BCUT2D eigenvalue weighted by atomic mass is 35.5. The molecule has 2 rings (SSSR count). The van der Waals surface area contributed by atoms with Crippen LogP contribution in [0.15, 0.2) is 47.4 Å². The lowest BCUT2D eigenvalue weighted by molar-refractivity contribution is 0.0697. The maximum Gasteiger partial charge on any atom is 0.335 e. The van der Waals surface area contributed by atoms with E-state index in [0.29, 0.717) is 14.9 Å². The summed E-state index contributed by atoms with van der Waals surface area (Å²) in [6.45, 7) is 0. The molecule has 0 saturated heterocycles. The van der Waals surface area contributed by atoms with Crippen molar-refractivity contribution in [3.8, 4) is 0 Å². The molecule has 20 heavy (non-hydrogen) atoms. The number of hydrogen-bond donors (Lipinski definition) is 1. The van der Waals surface area contributed by atoms with E-state index in [9.17, 15) is 9.00 Å². The van der Waals surface area contributed by atoms with E-state index in [1.165, 1.54) is 12.1 Å². The maximum absolute atomic E-state index is 12.3. The van der Waals surface area contributed by atoms with Gasteiger partial charge in [0, 0.05) is 5.02 Å². The van der Waals surface area contributed by atoms with Crippen LogP contribution in [0, 0.1) is 0 Å². The number of rotatable bonds is 4. The molecular formula is C14H10Cl2O3S. The fourth-order valence-corrected chi connectivity index (χ4v) is 3.43. The Balaban J connectivity index is 2.19. The van der Waals surface area contributed by atoms with Gasteiger partial charge in [0.25, 0.3) is 0 Å². The van der Waals surface area contributed by atoms with E-state index < -0.39 is 16.8 Å². The molecule has 1 unspecified atom stereocenters. The second-order valence-electron chi connectivity index (χ2n) is 4.07. The van der Waals surface area contributed by atoms with Crippen LogP contribution in [-0.4, -0.2) is 15.3 Å². The number of carbonyl (C=O) groups is 1. The lowest BCUT2D eigenvalue weighted by Gasteiger charge is -2.06. The van der Waals surface area contributed by atoms with Crippen molar-refractivity contribution in [1.82, 2.24) is 0 Å². The number of hydrogen-bond acceptors (Lipinski definition) is 2. The molecule has 0 amide bonds. The molecule has 1 atom stereocenters. The smallest absolute Gasteiger partial charge is 0.335 e. The molecule has 0 aromatic heterocycles. The van der Waals surface area contributed by atoms with Crippen LogP contribution in [0.1, 0.15) is 15.9 Å². The minimum absolute atomic E-state index is 0.195. The zero-order valence-corrected chi connectivity index (χ0v) is 12.5. The summed E-state index contributed by atoms with van der Waals surface area (Å²) in [5.74, 6) is -0.740. The normalized spacial score (nSPS) is 12.1. The number of carboxylic acids is 1. The monoisotopic (exact) mass is 328 g/mol. The van der Waals surface area contributed by atoms with Crippen LogP contribution in [0.2, 0.25) is 10.0 Å². The minimum Gasteiger partial charge on any atom is -0.478 e. The summed E-state index contributed by atoms with van der Waals surface area (Å²) >= 11 is 11.9. The molecule has 0 spiro atoms. The van der Waals surface area contributed by atoms with Gasteiger partial charge in [0.1, 0.15) is 0 Å². The van der Waals surface area contributed by atoms with Crippen molar-refractivity contribution >= 4 is 40.0 Å². The van der Waals surface area contributed by atoms with E-state index in [0.717, 1.165) is 5.56 Å². The first-order chi connectivity index (χ1) is 9.47. The Bertz CT molecular complexity index is 669. The largest absolute Gasteiger partial charge is 0.478 e. The van der Waals surface area contributed by atoms with Gasteiger partial charge in [-0.1, -0.05) is 35.3 Å². The van der Waals surface area contributed by atoms with Gasteiger partial charge >= 0.3 is 5.97 Å². The molecule has 2 aromatic carbocycles. The van der Waals surface area contributed by atoms with Crippen molar-refractivity contribution in [2.75, 3.05) is 0 Å². The molecule has 0 heterocycles. The van der Waals surface area contributed by atoms with Crippen molar-refractivity contribution in [2.45, 2.75) is 10.6 Å². The van der Waals surface area contributed by atoms with Crippen LogP contribution in [0.5, 0.6) is 0 Å². The summed E-state index contributed by atoms with van der Waals surface area (Å²) in [4.78, 5) is 11.2. The second-order valence-corrected chi connectivity index (χ2v) is 6.33. The van der Waals surface area contributed by atoms with Crippen LogP contribution in [0.3, 0.4) is 0 Å². The molecule has 104 valence electrons. The van der Waals surface area contributed by atoms with Gasteiger partial charge in [0.15, 0.2) is 0 Å². The average Bonchev–Trinajstić information content (AvgIpc) is 2.42. The molecule has 0 radical (unpaired) electrons. The van der Waals surface area contributed by atoms with Gasteiger partial charge in [0.2, 0.25) is 0 Å². The lowest BCUT2D eigenvalue weighted by Crippen LogP contribution is -1.99. The third kappa shape index (κ3) is 3.60. The topological polar surface area (TPSA) is 54.4 Å². The molecule has 1 N–H and O–H groups in total. The van der Waals surface area contributed by atoms with Crippen LogP contribution < -0.4 is 0 Å². The van der Waals surface area contributed by atoms with E-state index in [1.807, 2.05) is 0 Å². The Labute approximate surface area is 128 Å². The molecule has 2 aromatic rings. The number of aromatic carboxylic acids is 1. The Morgan fingerprint density at radius 3 is 2.35 bits per heavy atom. The third-order valence-electron chi connectivity index (χ3n) is 2.64. The van der Waals surface area contributed by atoms with Crippen LogP contribution >= 0.6 is 23.2 Å². The Morgan fingerprint density at radius 1 is 1.10 bits per heavy atom. The van der Waals surface area contributed by atoms with Gasteiger partial charge in [-0.25, -0.2) is 4.79 Å². The first-order valence-electron chi connectivity index (χ1n) is 5.63. The number of benzene rings is 2. The summed E-state index contributed by atoms with van der Waals surface area (Å²) in [7, 11) is -1.34. The van der Waals surface area contributed by atoms with Gasteiger partial charge in [-0.3, -0.25) is 4.21 Å². The van der Waals surface area contributed by atoms with Gasteiger partial charge in [-0.2, -0.15) is 0 Å². The molecule has 3 nitrogen and oxygen atoms in total. The predicted octanol–water partition coefficient (Wildman–Crippen LogP) is 4.00. The zero-order valence-electron chi connectivity index (χ0n) is 10.2. The molecule has 0 aliphatic rings. The van der Waals surface area contributed by atoms with Crippen molar-refractivity contribution in [3.05, 3.63) is 63.6 Å². The Morgan fingerprint density at radius 2 is 1.75 bits per heavy atom. The van der Waals surface area contributed by atoms with E-state index in [1.54, 1.807) is 30.3 Å². The molecule has 0 aliphatic carbocycles. The fraction of sp³-hybridized carbons (Fsp3) is 0.0714. The molecule has 6 heteroatoms. The van der Waals surface area contributed by atoms with Crippen LogP contribution in [0.4, 0.5) is 0 Å². The highest BCUT2D eigenvalue weighted by Crippen LogP contribution is 2.25.